The molecule has 2 fully saturated rings. The molecule has 3 nitrogen and oxygen atoms in total. The standard InChI is InChI=1S/C7H10O3/c8-5-3-4-1-2-6(10-4)7(5)9/h4-6,8H,1-3H2. The number of carbonyl (C=O) groups excluding carboxylic acids is 1. The zero-order chi connectivity index (χ0) is 7.14. The summed E-state index contributed by atoms with van der Waals surface area (Å²) >= 11 is 0. The lowest BCUT2D eigenvalue weighted by atomic mass is 10.1. The predicted molar refractivity (Wildman–Crippen MR) is 33.5 cm³/mol. The number of aliphatic hydroxyl groups excluding tert-OH is 1. The van der Waals surface area contributed by atoms with Gasteiger partial charge in [0, 0.05) is 6.42 Å². The number of hydrogen-bond donors (Lipinski definition) is 1. The normalized spacial score (nSPS) is 46.1. The molecule has 0 spiro atoms. The van der Waals surface area contributed by atoms with Crippen LogP contribution in [0.5, 0.6) is 0 Å². The number of Topliss-reactive ketones (excluding diaryl/α,β-unsaturated/α-hetero) is 1. The Labute approximate surface area is 59.0 Å². The average Bonchev–Trinajstić information content (AvgIpc) is 2.29. The first kappa shape index (κ1) is 6.31. The number of ketones is 1. The molecule has 3 unspecified atom stereocenters. The van der Waals surface area contributed by atoms with Crippen molar-refractivity contribution in [3.8, 4) is 0 Å². The Morgan fingerprint density at radius 3 is 3.10 bits per heavy atom. The number of hydrogen-bond acceptors (Lipinski definition) is 3. The molecule has 0 aromatic carbocycles. The molecule has 0 amide bonds. The second kappa shape index (κ2) is 2.04. The van der Waals surface area contributed by atoms with Gasteiger partial charge in [0.2, 0.25) is 0 Å². The van der Waals surface area contributed by atoms with Crippen LogP contribution in [0.4, 0.5) is 0 Å². The van der Waals surface area contributed by atoms with Crippen molar-refractivity contribution in [1.82, 2.24) is 0 Å². The Balaban J connectivity index is 2.17. The molecule has 2 bridgehead atoms. The molecule has 56 valence electrons. The molecule has 0 aliphatic carbocycles. The van der Waals surface area contributed by atoms with Crippen LogP contribution in [0.15, 0.2) is 0 Å². The van der Waals surface area contributed by atoms with E-state index in [1.165, 1.54) is 0 Å². The lowest BCUT2D eigenvalue weighted by molar-refractivity contribution is -0.148. The average molecular weight is 142 g/mol. The fraction of sp³-hybridized carbons (Fsp3) is 0.857. The van der Waals surface area contributed by atoms with E-state index in [4.69, 9.17) is 9.84 Å². The van der Waals surface area contributed by atoms with Gasteiger partial charge in [-0.05, 0) is 12.8 Å². The molecular weight excluding hydrogens is 132 g/mol. The Bertz CT molecular complexity index is 166. The Morgan fingerprint density at radius 1 is 1.50 bits per heavy atom. The smallest absolute Gasteiger partial charge is 0.189 e. The van der Waals surface area contributed by atoms with Gasteiger partial charge in [-0.15, -0.1) is 0 Å². The minimum atomic E-state index is -0.744. The summed E-state index contributed by atoms with van der Waals surface area (Å²) in [5, 5.41) is 9.13. The van der Waals surface area contributed by atoms with Crippen molar-refractivity contribution in [3.63, 3.8) is 0 Å². The highest BCUT2D eigenvalue weighted by Gasteiger charge is 2.40. The second-order valence-electron chi connectivity index (χ2n) is 2.98. The van der Waals surface area contributed by atoms with E-state index in [0.717, 1.165) is 12.8 Å². The van der Waals surface area contributed by atoms with Crippen LogP contribution in [-0.2, 0) is 9.53 Å². The van der Waals surface area contributed by atoms with Gasteiger partial charge in [0.05, 0.1) is 6.10 Å². The molecule has 2 aliphatic heterocycles. The molecule has 2 aliphatic rings. The van der Waals surface area contributed by atoms with Crippen LogP contribution in [0.2, 0.25) is 0 Å². The summed E-state index contributed by atoms with van der Waals surface area (Å²) in [6.45, 7) is 0. The molecular formula is C7H10O3. The van der Waals surface area contributed by atoms with Crippen LogP contribution in [0.25, 0.3) is 0 Å². The van der Waals surface area contributed by atoms with Gasteiger partial charge < -0.3 is 9.84 Å². The molecule has 0 saturated carbocycles. The molecule has 3 heteroatoms. The van der Waals surface area contributed by atoms with E-state index in [2.05, 4.69) is 0 Å². The molecule has 10 heavy (non-hydrogen) atoms. The lowest BCUT2D eigenvalue weighted by Gasteiger charge is -2.22. The highest BCUT2D eigenvalue weighted by atomic mass is 16.5. The quantitative estimate of drug-likeness (QED) is 0.512. The molecule has 0 radical (unpaired) electrons. The fourth-order valence-electron chi connectivity index (χ4n) is 1.67. The first-order valence-corrected chi connectivity index (χ1v) is 3.64. The van der Waals surface area contributed by atoms with Crippen LogP contribution in [0.1, 0.15) is 19.3 Å². The third-order valence-corrected chi connectivity index (χ3v) is 2.24. The first-order chi connectivity index (χ1) is 4.77. The minimum Gasteiger partial charge on any atom is -0.385 e. The molecule has 2 rings (SSSR count). The highest BCUT2D eigenvalue weighted by Crippen LogP contribution is 2.29. The van der Waals surface area contributed by atoms with Gasteiger partial charge in [0.15, 0.2) is 5.78 Å². The summed E-state index contributed by atoms with van der Waals surface area (Å²) in [5.41, 5.74) is 0. The monoisotopic (exact) mass is 142 g/mol. The van der Waals surface area contributed by atoms with Crippen molar-refractivity contribution in [3.05, 3.63) is 0 Å². The summed E-state index contributed by atoms with van der Waals surface area (Å²) in [6, 6.07) is 0. The molecule has 2 saturated heterocycles. The molecule has 1 N–H and O–H groups in total. The number of ether oxygens (including phenoxy) is 1. The summed E-state index contributed by atoms with van der Waals surface area (Å²) < 4.78 is 5.27. The van der Waals surface area contributed by atoms with E-state index in [9.17, 15) is 4.79 Å². The number of rotatable bonds is 0. The van der Waals surface area contributed by atoms with E-state index < -0.39 is 6.10 Å². The lowest BCUT2D eigenvalue weighted by Crippen LogP contribution is -2.38. The Morgan fingerprint density at radius 2 is 2.30 bits per heavy atom. The van der Waals surface area contributed by atoms with Crippen LogP contribution in [0.3, 0.4) is 0 Å². The van der Waals surface area contributed by atoms with E-state index in [1.54, 1.807) is 0 Å². The summed E-state index contributed by atoms with van der Waals surface area (Å²) in [7, 11) is 0. The molecule has 3 atom stereocenters. The molecule has 0 aromatic heterocycles. The SMILES string of the molecule is O=C1C(O)CC2CCC1O2. The van der Waals surface area contributed by atoms with Gasteiger partial charge in [-0.25, -0.2) is 0 Å². The Kier molecular flexibility index (Phi) is 1.28. The largest absolute Gasteiger partial charge is 0.385 e. The van der Waals surface area contributed by atoms with Gasteiger partial charge in [-0.1, -0.05) is 0 Å². The highest BCUT2D eigenvalue weighted by molar-refractivity contribution is 5.88. The summed E-state index contributed by atoms with van der Waals surface area (Å²) in [6.07, 6.45) is 1.38. The van der Waals surface area contributed by atoms with Crippen molar-refractivity contribution in [1.29, 1.82) is 0 Å². The van der Waals surface area contributed by atoms with Gasteiger partial charge in [-0.2, -0.15) is 0 Å². The Hall–Kier alpha value is -0.410. The molecule has 0 aromatic rings. The van der Waals surface area contributed by atoms with Crippen molar-refractivity contribution in [2.24, 2.45) is 0 Å². The number of carbonyl (C=O) groups is 1. The van der Waals surface area contributed by atoms with E-state index >= 15 is 0 Å². The summed E-state index contributed by atoms with van der Waals surface area (Å²) in [5.74, 6) is -0.117. The van der Waals surface area contributed by atoms with Gasteiger partial charge >= 0.3 is 0 Å². The predicted octanol–water partition coefficient (Wildman–Crippen LogP) is -0.132. The number of aliphatic hydroxyl groups is 1. The van der Waals surface area contributed by atoms with E-state index in [-0.39, 0.29) is 18.0 Å². The maximum absolute atomic E-state index is 11.0. The maximum Gasteiger partial charge on any atom is 0.189 e. The second-order valence-corrected chi connectivity index (χ2v) is 2.98. The van der Waals surface area contributed by atoms with Crippen LogP contribution < -0.4 is 0 Å². The zero-order valence-electron chi connectivity index (χ0n) is 5.62. The molecule has 2 heterocycles. The van der Waals surface area contributed by atoms with E-state index in [1.807, 2.05) is 0 Å². The van der Waals surface area contributed by atoms with Crippen molar-refractivity contribution >= 4 is 5.78 Å². The van der Waals surface area contributed by atoms with Crippen molar-refractivity contribution in [2.75, 3.05) is 0 Å². The summed E-state index contributed by atoms with van der Waals surface area (Å²) in [4.78, 5) is 11.0. The topological polar surface area (TPSA) is 46.5 Å². The third kappa shape index (κ3) is 0.777. The van der Waals surface area contributed by atoms with Gasteiger partial charge in [0.1, 0.15) is 12.2 Å². The van der Waals surface area contributed by atoms with Crippen molar-refractivity contribution in [2.45, 2.75) is 37.6 Å². The van der Waals surface area contributed by atoms with E-state index in [0.29, 0.717) is 6.42 Å². The first-order valence-electron chi connectivity index (χ1n) is 3.64. The van der Waals surface area contributed by atoms with Crippen LogP contribution in [0, 0.1) is 0 Å². The van der Waals surface area contributed by atoms with Gasteiger partial charge in [-0.3, -0.25) is 4.79 Å². The van der Waals surface area contributed by atoms with Crippen molar-refractivity contribution < 1.29 is 14.6 Å². The minimum absolute atomic E-state index is 0.117. The third-order valence-electron chi connectivity index (χ3n) is 2.24. The fourth-order valence-corrected chi connectivity index (χ4v) is 1.67. The van der Waals surface area contributed by atoms with Crippen LogP contribution >= 0.6 is 0 Å². The van der Waals surface area contributed by atoms with Gasteiger partial charge in [0.25, 0.3) is 0 Å². The van der Waals surface area contributed by atoms with Crippen LogP contribution in [-0.4, -0.2) is 29.2 Å². The zero-order valence-corrected chi connectivity index (χ0v) is 5.62. The number of fused-ring (bicyclic) bond motifs is 2. The maximum atomic E-state index is 11.0.